The SMILES string of the molecule is CC1CCN(C(=O)c2c(F)cccc2Cl)C1. The highest BCUT2D eigenvalue weighted by Crippen LogP contribution is 2.24. The van der Waals surface area contributed by atoms with Crippen LogP contribution in [0.25, 0.3) is 0 Å². The third-order valence-corrected chi connectivity index (χ3v) is 3.20. The number of hydrogen-bond donors (Lipinski definition) is 0. The Morgan fingerprint density at radius 3 is 2.88 bits per heavy atom. The lowest BCUT2D eigenvalue weighted by molar-refractivity contribution is 0.0783. The second-order valence-corrected chi connectivity index (χ2v) is 4.65. The molecule has 16 heavy (non-hydrogen) atoms. The van der Waals surface area contributed by atoms with E-state index in [1.165, 1.54) is 18.2 Å². The van der Waals surface area contributed by atoms with E-state index in [0.29, 0.717) is 19.0 Å². The molecule has 4 heteroatoms. The Balaban J connectivity index is 2.27. The molecule has 2 nitrogen and oxygen atoms in total. The molecule has 0 radical (unpaired) electrons. The first kappa shape index (κ1) is 11.4. The van der Waals surface area contributed by atoms with Crippen LogP contribution in [0.5, 0.6) is 0 Å². The van der Waals surface area contributed by atoms with Gasteiger partial charge >= 0.3 is 0 Å². The minimum atomic E-state index is -0.544. The molecule has 0 aliphatic carbocycles. The van der Waals surface area contributed by atoms with Crippen molar-refractivity contribution < 1.29 is 9.18 Å². The summed E-state index contributed by atoms with van der Waals surface area (Å²) in [5, 5.41) is 0.185. The predicted molar refractivity (Wildman–Crippen MR) is 61.1 cm³/mol. The molecule has 1 heterocycles. The summed E-state index contributed by atoms with van der Waals surface area (Å²) in [4.78, 5) is 13.7. The third-order valence-electron chi connectivity index (χ3n) is 2.89. The van der Waals surface area contributed by atoms with E-state index in [1.807, 2.05) is 0 Å². The number of halogens is 2. The van der Waals surface area contributed by atoms with E-state index in [-0.39, 0.29) is 16.5 Å². The van der Waals surface area contributed by atoms with Gasteiger partial charge in [0, 0.05) is 13.1 Å². The van der Waals surface area contributed by atoms with Crippen molar-refractivity contribution in [2.75, 3.05) is 13.1 Å². The Bertz CT molecular complexity index is 401. The molecule has 1 amide bonds. The molecule has 2 rings (SSSR count). The summed E-state index contributed by atoms with van der Waals surface area (Å²) >= 11 is 5.85. The smallest absolute Gasteiger partial charge is 0.258 e. The predicted octanol–water partition coefficient (Wildman–Crippen LogP) is 2.96. The van der Waals surface area contributed by atoms with Crippen LogP contribution in [0, 0.1) is 11.7 Å². The highest BCUT2D eigenvalue weighted by molar-refractivity contribution is 6.33. The van der Waals surface area contributed by atoms with Crippen molar-refractivity contribution in [1.82, 2.24) is 4.90 Å². The van der Waals surface area contributed by atoms with Crippen LogP contribution in [0.15, 0.2) is 18.2 Å². The average molecular weight is 242 g/mol. The number of benzene rings is 1. The van der Waals surface area contributed by atoms with Gasteiger partial charge in [0.25, 0.3) is 5.91 Å². The fourth-order valence-corrected chi connectivity index (χ4v) is 2.22. The number of rotatable bonds is 1. The van der Waals surface area contributed by atoms with Crippen LogP contribution in [0.3, 0.4) is 0 Å². The first-order valence-electron chi connectivity index (χ1n) is 5.33. The minimum absolute atomic E-state index is 0.00160. The van der Waals surface area contributed by atoms with E-state index in [2.05, 4.69) is 6.92 Å². The molecule has 0 saturated carbocycles. The minimum Gasteiger partial charge on any atom is -0.338 e. The highest BCUT2D eigenvalue weighted by atomic mass is 35.5. The molecule has 1 saturated heterocycles. The van der Waals surface area contributed by atoms with Crippen molar-refractivity contribution in [3.63, 3.8) is 0 Å². The maximum absolute atomic E-state index is 13.5. The zero-order valence-electron chi connectivity index (χ0n) is 9.04. The number of nitrogens with zero attached hydrogens (tertiary/aromatic N) is 1. The molecular formula is C12H13ClFNO. The van der Waals surface area contributed by atoms with Crippen molar-refractivity contribution in [2.24, 2.45) is 5.92 Å². The summed E-state index contributed by atoms with van der Waals surface area (Å²) in [6.45, 7) is 3.45. The van der Waals surface area contributed by atoms with Gasteiger partial charge in [-0.3, -0.25) is 4.79 Å². The van der Waals surface area contributed by atoms with Gasteiger partial charge < -0.3 is 4.90 Å². The molecule has 1 aliphatic heterocycles. The maximum atomic E-state index is 13.5. The number of hydrogen-bond acceptors (Lipinski definition) is 1. The van der Waals surface area contributed by atoms with Gasteiger partial charge in [-0.05, 0) is 24.5 Å². The van der Waals surface area contributed by atoms with Crippen molar-refractivity contribution in [3.8, 4) is 0 Å². The number of carbonyl (C=O) groups is 1. The van der Waals surface area contributed by atoms with Gasteiger partial charge in [-0.2, -0.15) is 0 Å². The van der Waals surface area contributed by atoms with Crippen LogP contribution < -0.4 is 0 Å². The molecule has 0 bridgehead atoms. The topological polar surface area (TPSA) is 20.3 Å². The van der Waals surface area contributed by atoms with Crippen LogP contribution in [0.4, 0.5) is 4.39 Å². The normalized spacial score (nSPS) is 20.2. The molecule has 0 spiro atoms. The molecule has 1 aliphatic rings. The van der Waals surface area contributed by atoms with Crippen LogP contribution in [0.2, 0.25) is 5.02 Å². The Morgan fingerprint density at radius 1 is 1.56 bits per heavy atom. The molecule has 86 valence electrons. The maximum Gasteiger partial charge on any atom is 0.258 e. The number of amides is 1. The van der Waals surface area contributed by atoms with E-state index in [1.54, 1.807) is 4.90 Å². The third kappa shape index (κ3) is 2.05. The average Bonchev–Trinajstić information content (AvgIpc) is 2.64. The van der Waals surface area contributed by atoms with Crippen molar-refractivity contribution >= 4 is 17.5 Å². The van der Waals surface area contributed by atoms with Crippen LogP contribution in [0.1, 0.15) is 23.7 Å². The standard InChI is InChI=1S/C12H13ClFNO/c1-8-5-6-15(7-8)12(16)11-9(13)3-2-4-10(11)14/h2-4,8H,5-7H2,1H3. The lowest BCUT2D eigenvalue weighted by Crippen LogP contribution is -2.29. The summed E-state index contributed by atoms with van der Waals surface area (Å²) in [5.74, 6) is -0.362. The van der Waals surface area contributed by atoms with E-state index in [4.69, 9.17) is 11.6 Å². The summed E-state index contributed by atoms with van der Waals surface area (Å²) in [6.07, 6.45) is 0.970. The second kappa shape index (κ2) is 4.42. The van der Waals surface area contributed by atoms with Crippen LogP contribution in [-0.4, -0.2) is 23.9 Å². The number of carbonyl (C=O) groups excluding carboxylic acids is 1. The Labute approximate surface area is 99.0 Å². The Kier molecular flexibility index (Phi) is 3.15. The van der Waals surface area contributed by atoms with Gasteiger partial charge in [-0.1, -0.05) is 24.6 Å². The summed E-state index contributed by atoms with van der Waals surface area (Å²) in [6, 6.07) is 4.30. The van der Waals surface area contributed by atoms with Gasteiger partial charge in [0.05, 0.1) is 10.6 Å². The zero-order valence-corrected chi connectivity index (χ0v) is 9.80. The van der Waals surface area contributed by atoms with E-state index in [0.717, 1.165) is 6.42 Å². The largest absolute Gasteiger partial charge is 0.338 e. The second-order valence-electron chi connectivity index (χ2n) is 4.24. The monoisotopic (exact) mass is 241 g/mol. The van der Waals surface area contributed by atoms with Gasteiger partial charge in [-0.25, -0.2) is 4.39 Å². The molecule has 0 aromatic heterocycles. The molecule has 1 aromatic rings. The first-order valence-corrected chi connectivity index (χ1v) is 5.70. The first-order chi connectivity index (χ1) is 7.59. The Morgan fingerprint density at radius 2 is 2.31 bits per heavy atom. The summed E-state index contributed by atoms with van der Waals surface area (Å²) < 4.78 is 13.5. The van der Waals surface area contributed by atoms with E-state index in [9.17, 15) is 9.18 Å². The van der Waals surface area contributed by atoms with E-state index < -0.39 is 5.82 Å². The van der Waals surface area contributed by atoms with Crippen LogP contribution >= 0.6 is 11.6 Å². The zero-order chi connectivity index (χ0) is 11.7. The summed E-state index contributed by atoms with van der Waals surface area (Å²) in [5.41, 5.74) is -0.00160. The Hall–Kier alpha value is -1.09. The van der Waals surface area contributed by atoms with Gasteiger partial charge in [-0.15, -0.1) is 0 Å². The lowest BCUT2D eigenvalue weighted by atomic mass is 10.1. The van der Waals surface area contributed by atoms with Crippen molar-refractivity contribution in [1.29, 1.82) is 0 Å². The fourth-order valence-electron chi connectivity index (χ4n) is 1.98. The molecule has 1 aromatic carbocycles. The molecular weight excluding hydrogens is 229 g/mol. The van der Waals surface area contributed by atoms with Crippen molar-refractivity contribution in [3.05, 3.63) is 34.6 Å². The van der Waals surface area contributed by atoms with Gasteiger partial charge in [0.2, 0.25) is 0 Å². The summed E-state index contributed by atoms with van der Waals surface area (Å²) in [7, 11) is 0. The molecule has 1 atom stereocenters. The van der Waals surface area contributed by atoms with Crippen LogP contribution in [-0.2, 0) is 0 Å². The van der Waals surface area contributed by atoms with Crippen molar-refractivity contribution in [2.45, 2.75) is 13.3 Å². The highest BCUT2D eigenvalue weighted by Gasteiger charge is 2.27. The molecule has 0 N–H and O–H groups in total. The fraction of sp³-hybridized carbons (Fsp3) is 0.417. The van der Waals surface area contributed by atoms with Gasteiger partial charge in [0.1, 0.15) is 5.82 Å². The molecule has 1 fully saturated rings. The quantitative estimate of drug-likeness (QED) is 0.740. The molecule has 1 unspecified atom stereocenters. The van der Waals surface area contributed by atoms with Gasteiger partial charge in [0.15, 0.2) is 0 Å². The number of likely N-dealkylation sites (tertiary alicyclic amines) is 1. The lowest BCUT2D eigenvalue weighted by Gasteiger charge is -2.17. The van der Waals surface area contributed by atoms with E-state index >= 15 is 0 Å².